The number of ketones is 2. The minimum atomic E-state index is -1.76. The van der Waals surface area contributed by atoms with Crippen LogP contribution in [0.4, 0.5) is 17.6 Å². The SMILES string of the molecule is C.CC(=O)O.CC(=O)O.CC1(C)CC(=O)C2=C(C1)N=CC2.CC1(C)CC(=O)c2c(ncn2-c2ccc(F)c(F)c2)C1.OB(O)c1ccc(F)c(F)c1.[Cu]. The van der Waals surface area contributed by atoms with Crippen LogP contribution in [0.3, 0.4) is 0 Å². The van der Waals surface area contributed by atoms with Crippen LogP contribution in [0.1, 0.15) is 90.8 Å². The molecule has 293 valence electrons. The molecule has 0 bridgehead atoms. The Kier molecular flexibility index (Phi) is 19.0. The van der Waals surface area contributed by atoms with Crippen LogP contribution in [0, 0.1) is 34.1 Å². The molecule has 1 radical (unpaired) electrons. The molecule has 6 rings (SSSR count). The fourth-order valence-corrected chi connectivity index (χ4v) is 5.27. The molecule has 0 saturated heterocycles. The molecule has 2 aromatic carbocycles. The van der Waals surface area contributed by atoms with Gasteiger partial charge in [0.25, 0.3) is 11.9 Å². The minimum Gasteiger partial charge on any atom is -0.481 e. The van der Waals surface area contributed by atoms with E-state index in [0.717, 1.165) is 74.0 Å². The molecule has 0 amide bonds. The van der Waals surface area contributed by atoms with Crippen LogP contribution in [-0.2, 0) is 37.9 Å². The van der Waals surface area contributed by atoms with E-state index in [0.29, 0.717) is 36.4 Å². The zero-order valence-corrected chi connectivity index (χ0v) is 30.3. The maximum atomic E-state index is 13.3. The number of hydrogen-bond donors (Lipinski definition) is 4. The largest absolute Gasteiger partial charge is 0.488 e. The zero-order valence-electron chi connectivity index (χ0n) is 29.3. The number of Topliss-reactive ketones (excluding diaryl/α,β-unsaturated/α-hetero) is 2. The Hall–Kier alpha value is -4.44. The van der Waals surface area contributed by atoms with Crippen molar-refractivity contribution in [3.8, 4) is 5.69 Å². The molecule has 1 aliphatic heterocycles. The van der Waals surface area contributed by atoms with Crippen molar-refractivity contribution in [2.45, 2.75) is 81.1 Å². The van der Waals surface area contributed by atoms with Crippen molar-refractivity contribution in [2.24, 2.45) is 15.8 Å². The monoisotopic (exact) mass is 796 g/mol. The molecule has 0 spiro atoms. The van der Waals surface area contributed by atoms with E-state index in [1.54, 1.807) is 0 Å². The van der Waals surface area contributed by atoms with Crippen LogP contribution in [0.15, 0.2) is 59.0 Å². The van der Waals surface area contributed by atoms with Gasteiger partial charge in [-0.3, -0.25) is 28.7 Å². The number of fused-ring (bicyclic) bond motifs is 1. The predicted molar refractivity (Wildman–Crippen MR) is 188 cm³/mol. The minimum absolute atomic E-state index is 0. The van der Waals surface area contributed by atoms with Crippen molar-refractivity contribution >= 4 is 42.3 Å². The van der Waals surface area contributed by atoms with E-state index in [4.69, 9.17) is 29.9 Å². The van der Waals surface area contributed by atoms with Crippen LogP contribution in [-0.4, -0.2) is 66.7 Å². The number of rotatable bonds is 2. The Bertz CT molecular complexity index is 1820. The van der Waals surface area contributed by atoms with Crippen LogP contribution < -0.4 is 5.46 Å². The summed E-state index contributed by atoms with van der Waals surface area (Å²) in [6.07, 6.45) is 6.89. The van der Waals surface area contributed by atoms with Crippen molar-refractivity contribution in [1.82, 2.24) is 9.55 Å². The second-order valence-corrected chi connectivity index (χ2v) is 13.4. The number of carbonyl (C=O) groups is 4. The smallest absolute Gasteiger partial charge is 0.481 e. The Morgan fingerprint density at radius 1 is 0.774 bits per heavy atom. The molecule has 0 saturated carbocycles. The maximum Gasteiger partial charge on any atom is 0.488 e. The fourth-order valence-electron chi connectivity index (χ4n) is 5.27. The molecular formula is C36H44BCuF4N3O8. The first-order valence-electron chi connectivity index (χ1n) is 15.6. The van der Waals surface area contributed by atoms with Gasteiger partial charge in [0.1, 0.15) is 12.0 Å². The number of carboxylic acids is 2. The Morgan fingerprint density at radius 3 is 1.77 bits per heavy atom. The number of allylic oxidation sites excluding steroid dienone is 2. The molecule has 3 aromatic rings. The average Bonchev–Trinajstić information content (AvgIpc) is 3.62. The summed E-state index contributed by atoms with van der Waals surface area (Å²) < 4.78 is 52.4. The maximum absolute atomic E-state index is 13.3. The van der Waals surface area contributed by atoms with Crippen LogP contribution >= 0.6 is 0 Å². The topological polar surface area (TPSA) is 179 Å². The molecule has 3 aliphatic rings. The first kappa shape index (κ1) is 48.6. The van der Waals surface area contributed by atoms with E-state index in [2.05, 4.69) is 23.8 Å². The number of halogens is 4. The van der Waals surface area contributed by atoms with Crippen molar-refractivity contribution in [1.29, 1.82) is 0 Å². The Labute approximate surface area is 316 Å². The fraction of sp³-hybridized carbons (Fsp3) is 0.389. The second kappa shape index (κ2) is 20.7. The molecule has 4 N–H and O–H groups in total. The van der Waals surface area contributed by atoms with E-state index in [1.807, 2.05) is 20.1 Å². The molecule has 0 fully saturated rings. The van der Waals surface area contributed by atoms with Crippen LogP contribution in [0.25, 0.3) is 5.69 Å². The zero-order chi connectivity index (χ0) is 38.8. The third-order valence-corrected chi connectivity index (χ3v) is 7.33. The number of aliphatic carboxylic acids is 2. The number of hydrogen-bond acceptors (Lipinski definition) is 8. The predicted octanol–water partition coefficient (Wildman–Crippen LogP) is 5.87. The molecule has 0 atom stereocenters. The van der Waals surface area contributed by atoms with Gasteiger partial charge < -0.3 is 20.3 Å². The number of carboxylic acid groups (broad SMARTS) is 2. The van der Waals surface area contributed by atoms with E-state index >= 15 is 0 Å². The van der Waals surface area contributed by atoms with Gasteiger partial charge in [0.15, 0.2) is 34.8 Å². The summed E-state index contributed by atoms with van der Waals surface area (Å²) >= 11 is 0. The molecule has 17 heteroatoms. The van der Waals surface area contributed by atoms with E-state index in [-0.39, 0.29) is 46.6 Å². The quantitative estimate of drug-likeness (QED) is 0.182. The van der Waals surface area contributed by atoms with Crippen molar-refractivity contribution in [3.63, 3.8) is 0 Å². The molecule has 11 nitrogen and oxygen atoms in total. The Balaban J connectivity index is 0.000000711. The normalized spacial score (nSPS) is 15.4. The summed E-state index contributed by atoms with van der Waals surface area (Å²) in [6, 6.07) is 6.24. The van der Waals surface area contributed by atoms with Crippen LogP contribution in [0.5, 0.6) is 0 Å². The Morgan fingerprint density at radius 2 is 1.26 bits per heavy atom. The van der Waals surface area contributed by atoms with Gasteiger partial charge in [0.05, 0.1) is 11.4 Å². The summed E-state index contributed by atoms with van der Waals surface area (Å²) in [6.45, 7) is 10.5. The van der Waals surface area contributed by atoms with Gasteiger partial charge in [-0.1, -0.05) is 41.2 Å². The van der Waals surface area contributed by atoms with E-state index in [1.165, 1.54) is 17.0 Å². The van der Waals surface area contributed by atoms with Gasteiger partial charge in [-0.25, -0.2) is 22.5 Å². The van der Waals surface area contributed by atoms with Gasteiger partial charge in [-0.2, -0.15) is 0 Å². The number of aliphatic imine (C=N–C) groups is 1. The first-order chi connectivity index (χ1) is 23.5. The van der Waals surface area contributed by atoms with Gasteiger partial charge in [-0.05, 0) is 53.4 Å². The summed E-state index contributed by atoms with van der Waals surface area (Å²) in [5, 5.41) is 31.8. The summed E-state index contributed by atoms with van der Waals surface area (Å²) in [4.78, 5) is 50.3. The second-order valence-electron chi connectivity index (χ2n) is 13.4. The molecular weight excluding hydrogens is 753 g/mol. The summed E-state index contributed by atoms with van der Waals surface area (Å²) in [5.41, 5.74) is 3.56. The third kappa shape index (κ3) is 15.2. The van der Waals surface area contributed by atoms with Crippen molar-refractivity contribution < 1.29 is 74.1 Å². The van der Waals surface area contributed by atoms with Crippen molar-refractivity contribution in [2.75, 3.05) is 0 Å². The first-order valence-corrected chi connectivity index (χ1v) is 15.6. The van der Waals surface area contributed by atoms with Crippen molar-refractivity contribution in [3.05, 3.63) is 88.7 Å². The summed E-state index contributed by atoms with van der Waals surface area (Å²) in [5.74, 6) is -5.31. The molecule has 1 aromatic heterocycles. The third-order valence-electron chi connectivity index (χ3n) is 7.33. The number of nitrogens with zero attached hydrogens (tertiary/aromatic N) is 3. The average molecular weight is 797 g/mol. The molecule has 53 heavy (non-hydrogen) atoms. The number of carbonyl (C=O) groups excluding carboxylic acids is 2. The number of benzene rings is 2. The van der Waals surface area contributed by atoms with Gasteiger partial charge in [-0.15, -0.1) is 0 Å². The summed E-state index contributed by atoms with van der Waals surface area (Å²) in [7, 11) is -1.76. The number of imidazole rings is 1. The molecule has 2 aliphatic carbocycles. The molecule has 2 heterocycles. The molecule has 0 unspecified atom stereocenters. The van der Waals surface area contributed by atoms with E-state index in [9.17, 15) is 27.2 Å². The van der Waals surface area contributed by atoms with E-state index < -0.39 is 42.3 Å². The standard InChI is InChI=1S/C15H14F2N2O.C10H13NO.C6H5BF2O2.2C2H4O2.CH4.Cu/c1-15(2)6-12-14(13(20)7-15)19(8-18-12)9-3-4-10(16)11(17)5-9;1-10(2)5-8-7(3-4-11-8)9(12)6-10;8-5-2-1-4(7(10)11)3-6(5)9;2*1-2(3)4;;/h3-5,8H,6-7H2,1-2H3;4H,3,5-6H2,1-2H3;1-3,10-11H;2*1H3,(H,3,4);1H4;. The van der Waals surface area contributed by atoms with Gasteiger partial charge >= 0.3 is 7.12 Å². The van der Waals surface area contributed by atoms with Crippen LogP contribution in [0.2, 0.25) is 0 Å². The number of aromatic nitrogens is 2. The van der Waals surface area contributed by atoms with Gasteiger partial charge in [0.2, 0.25) is 0 Å². The van der Waals surface area contributed by atoms with Gasteiger partial charge in [0, 0.05) is 73.7 Å².